The molecule has 2 rings (SSSR count). The zero-order valence-electron chi connectivity index (χ0n) is 22.7. The third-order valence-corrected chi connectivity index (χ3v) is 9.02. The van der Waals surface area contributed by atoms with E-state index in [1.807, 2.05) is 0 Å². The van der Waals surface area contributed by atoms with Gasteiger partial charge in [-0.15, -0.1) is 0 Å². The molecular formula is C30H52O4. The first-order chi connectivity index (χ1) is 16.3. The van der Waals surface area contributed by atoms with E-state index in [4.69, 9.17) is 9.47 Å². The van der Waals surface area contributed by atoms with E-state index in [-0.39, 0.29) is 17.4 Å². The number of esters is 2. The van der Waals surface area contributed by atoms with Crippen LogP contribution in [0.15, 0.2) is 12.2 Å². The lowest BCUT2D eigenvalue weighted by molar-refractivity contribution is -0.155. The van der Waals surface area contributed by atoms with Gasteiger partial charge in [0.2, 0.25) is 0 Å². The molecule has 1 unspecified atom stereocenters. The maximum Gasteiger partial charge on any atom is 0.333 e. The maximum atomic E-state index is 12.1. The fourth-order valence-corrected chi connectivity index (χ4v) is 6.54. The maximum absolute atomic E-state index is 12.1. The summed E-state index contributed by atoms with van der Waals surface area (Å²) in [5, 5.41) is 0. The van der Waals surface area contributed by atoms with Crippen LogP contribution in [0.3, 0.4) is 0 Å². The molecule has 0 heterocycles. The van der Waals surface area contributed by atoms with Crippen molar-refractivity contribution in [2.75, 3.05) is 13.2 Å². The first kappa shape index (κ1) is 28.9. The topological polar surface area (TPSA) is 52.6 Å². The highest BCUT2D eigenvalue weighted by molar-refractivity contribution is 5.86. The molecule has 0 radical (unpaired) electrons. The summed E-state index contributed by atoms with van der Waals surface area (Å²) in [6, 6.07) is 0. The number of carbonyl (C=O) groups excluding carboxylic acids is 2. The highest BCUT2D eigenvalue weighted by atomic mass is 16.5. The van der Waals surface area contributed by atoms with E-state index >= 15 is 0 Å². The van der Waals surface area contributed by atoms with Gasteiger partial charge >= 0.3 is 11.9 Å². The minimum absolute atomic E-state index is 0.264. The van der Waals surface area contributed by atoms with E-state index in [2.05, 4.69) is 20.4 Å². The molecule has 2 aliphatic carbocycles. The second-order valence-electron chi connectivity index (χ2n) is 11.4. The highest BCUT2D eigenvalue weighted by Gasteiger charge is 2.43. The van der Waals surface area contributed by atoms with Crippen LogP contribution >= 0.6 is 0 Å². The molecule has 0 amide bonds. The molecule has 0 saturated heterocycles. The Morgan fingerprint density at radius 2 is 1.35 bits per heavy atom. The van der Waals surface area contributed by atoms with Crippen LogP contribution in [0.25, 0.3) is 0 Å². The van der Waals surface area contributed by atoms with Crippen molar-refractivity contribution in [2.45, 2.75) is 124 Å². The average molecular weight is 477 g/mol. The zero-order chi connectivity index (χ0) is 25.0. The molecule has 196 valence electrons. The highest BCUT2D eigenvalue weighted by Crippen LogP contribution is 2.48. The lowest BCUT2D eigenvalue weighted by atomic mass is 9.62. The lowest BCUT2D eigenvalue weighted by Crippen LogP contribution is -2.43. The minimum Gasteiger partial charge on any atom is -0.465 e. The molecule has 0 aromatic heterocycles. The van der Waals surface area contributed by atoms with E-state index in [0.717, 1.165) is 37.0 Å². The first-order valence-corrected chi connectivity index (χ1v) is 14.3. The molecular weight excluding hydrogens is 424 g/mol. The molecule has 0 spiro atoms. The molecule has 34 heavy (non-hydrogen) atoms. The van der Waals surface area contributed by atoms with Gasteiger partial charge in [-0.05, 0) is 75.5 Å². The Labute approximate surface area is 209 Å². The fourth-order valence-electron chi connectivity index (χ4n) is 6.54. The molecule has 2 saturated carbocycles. The number of carbonyl (C=O) groups is 2. The molecule has 1 atom stereocenters. The van der Waals surface area contributed by atoms with Crippen molar-refractivity contribution in [3.8, 4) is 0 Å². The molecule has 0 aromatic rings. The monoisotopic (exact) mass is 476 g/mol. The van der Waals surface area contributed by atoms with Gasteiger partial charge in [0, 0.05) is 17.9 Å². The van der Waals surface area contributed by atoms with Crippen LogP contribution in [0.4, 0.5) is 0 Å². The van der Waals surface area contributed by atoms with Gasteiger partial charge < -0.3 is 9.47 Å². The normalized spacial score (nSPS) is 26.9. The molecule has 0 N–H and O–H groups in total. The molecule has 4 nitrogen and oxygen atoms in total. The number of hydrogen-bond acceptors (Lipinski definition) is 4. The summed E-state index contributed by atoms with van der Waals surface area (Å²) in [6.07, 6.45) is 19.8. The van der Waals surface area contributed by atoms with Crippen molar-refractivity contribution in [2.24, 2.45) is 29.1 Å². The van der Waals surface area contributed by atoms with Crippen LogP contribution in [0.2, 0.25) is 0 Å². The van der Waals surface area contributed by atoms with E-state index in [1.165, 1.54) is 84.0 Å². The molecule has 0 bridgehead atoms. The third-order valence-electron chi connectivity index (χ3n) is 9.02. The summed E-state index contributed by atoms with van der Waals surface area (Å²) in [6.45, 7) is 11.9. The number of ether oxygens (including phenoxy) is 2. The van der Waals surface area contributed by atoms with Crippen molar-refractivity contribution in [1.82, 2.24) is 0 Å². The van der Waals surface area contributed by atoms with E-state index < -0.39 is 0 Å². The van der Waals surface area contributed by atoms with Crippen LogP contribution in [0.5, 0.6) is 0 Å². The summed E-state index contributed by atoms with van der Waals surface area (Å²) in [4.78, 5) is 23.7. The van der Waals surface area contributed by atoms with Crippen molar-refractivity contribution < 1.29 is 19.1 Å². The van der Waals surface area contributed by atoms with Crippen LogP contribution in [-0.2, 0) is 19.1 Å². The number of rotatable bonds is 14. The molecule has 2 aliphatic rings. The Morgan fingerprint density at radius 3 is 1.88 bits per heavy atom. The fraction of sp³-hybridized carbons (Fsp3) is 0.867. The summed E-state index contributed by atoms with van der Waals surface area (Å²) in [5.74, 6) is 2.50. The summed E-state index contributed by atoms with van der Waals surface area (Å²) in [5.41, 5.74) is 0.120. The van der Waals surface area contributed by atoms with Crippen molar-refractivity contribution in [3.63, 3.8) is 0 Å². The molecule has 2 fully saturated rings. The Kier molecular flexibility index (Phi) is 12.7. The summed E-state index contributed by atoms with van der Waals surface area (Å²) in [7, 11) is 0. The predicted octanol–water partition coefficient (Wildman–Crippen LogP) is 8.04. The van der Waals surface area contributed by atoms with Crippen LogP contribution in [0.1, 0.15) is 124 Å². The smallest absolute Gasteiger partial charge is 0.333 e. The van der Waals surface area contributed by atoms with Gasteiger partial charge in [-0.3, -0.25) is 4.79 Å². The Morgan fingerprint density at radius 1 is 0.794 bits per heavy atom. The summed E-state index contributed by atoms with van der Waals surface area (Å²) >= 11 is 0. The number of hydrogen-bond donors (Lipinski definition) is 0. The largest absolute Gasteiger partial charge is 0.465 e. The lowest BCUT2D eigenvalue weighted by Gasteiger charge is -2.44. The van der Waals surface area contributed by atoms with Gasteiger partial charge in [0.1, 0.15) is 13.2 Å². The van der Waals surface area contributed by atoms with E-state index in [1.54, 1.807) is 6.92 Å². The van der Waals surface area contributed by atoms with Gasteiger partial charge in [-0.1, -0.05) is 71.8 Å². The van der Waals surface area contributed by atoms with Crippen molar-refractivity contribution >= 4 is 11.9 Å². The number of unbranched alkanes of at least 4 members (excludes halogenated alkanes) is 4. The minimum atomic E-state index is -0.351. The SMILES string of the molecule is C=C(C)C(=O)OCC(CC)(COC(C)=O)C1CCC(C2CCC(CCCCCCC)CC2)CC1. The average Bonchev–Trinajstić information content (AvgIpc) is 2.84. The molecule has 0 aromatic carbocycles. The predicted molar refractivity (Wildman–Crippen MR) is 139 cm³/mol. The quantitative estimate of drug-likeness (QED) is 0.145. The van der Waals surface area contributed by atoms with Gasteiger partial charge in [0.15, 0.2) is 0 Å². The Hall–Kier alpha value is -1.32. The Bertz CT molecular complexity index is 626. The van der Waals surface area contributed by atoms with Crippen molar-refractivity contribution in [1.29, 1.82) is 0 Å². The van der Waals surface area contributed by atoms with Crippen LogP contribution < -0.4 is 0 Å². The third kappa shape index (κ3) is 9.04. The zero-order valence-corrected chi connectivity index (χ0v) is 22.7. The second-order valence-corrected chi connectivity index (χ2v) is 11.4. The van der Waals surface area contributed by atoms with Gasteiger partial charge in [-0.25, -0.2) is 4.79 Å². The first-order valence-electron chi connectivity index (χ1n) is 14.3. The second kappa shape index (κ2) is 14.9. The standard InChI is InChI=1S/C30H52O4/c1-6-8-9-10-11-12-25-13-15-26(16-14-25)27-17-19-28(20-18-27)30(7-2,21-33-24(5)31)22-34-29(32)23(3)4/h25-28H,3,6-22H2,1-2,4-5H3. The molecule has 0 aliphatic heterocycles. The van der Waals surface area contributed by atoms with Gasteiger partial charge in [0.25, 0.3) is 0 Å². The van der Waals surface area contributed by atoms with Crippen molar-refractivity contribution in [3.05, 3.63) is 12.2 Å². The van der Waals surface area contributed by atoms with Gasteiger partial charge in [0.05, 0.1) is 0 Å². The summed E-state index contributed by atoms with van der Waals surface area (Å²) < 4.78 is 11.1. The van der Waals surface area contributed by atoms with E-state index in [9.17, 15) is 9.59 Å². The molecule has 4 heteroatoms. The van der Waals surface area contributed by atoms with E-state index in [0.29, 0.717) is 24.7 Å². The van der Waals surface area contributed by atoms with Crippen LogP contribution in [0, 0.1) is 29.1 Å². The van der Waals surface area contributed by atoms with Gasteiger partial charge in [-0.2, -0.15) is 0 Å². The Balaban J connectivity index is 1.84. The van der Waals surface area contributed by atoms with Crippen LogP contribution in [-0.4, -0.2) is 25.2 Å².